The van der Waals surface area contributed by atoms with E-state index in [0.29, 0.717) is 23.0 Å². The molecule has 13 nitrogen and oxygen atoms in total. The maximum absolute atomic E-state index is 13.1. The van der Waals surface area contributed by atoms with E-state index in [-0.39, 0.29) is 36.8 Å². The molecule has 3 aromatic rings. The number of ether oxygens (including phenoxy) is 2. The van der Waals surface area contributed by atoms with Crippen molar-refractivity contribution >= 4 is 52.8 Å². The van der Waals surface area contributed by atoms with Gasteiger partial charge in [-0.25, -0.2) is 4.79 Å². The van der Waals surface area contributed by atoms with Crippen LogP contribution in [0.15, 0.2) is 48.5 Å². The number of halogens is 4. The maximum atomic E-state index is 13.1. The summed E-state index contributed by atoms with van der Waals surface area (Å²) in [6.45, 7) is -1.66. The van der Waals surface area contributed by atoms with Gasteiger partial charge in [-0.3, -0.25) is 14.4 Å². The molecule has 2 aliphatic carbocycles. The number of esters is 1. The van der Waals surface area contributed by atoms with E-state index in [0.717, 1.165) is 44.1 Å². The Bertz CT molecular complexity index is 1770. The molecule has 0 spiro atoms. The van der Waals surface area contributed by atoms with Gasteiger partial charge in [0.1, 0.15) is 6.04 Å². The van der Waals surface area contributed by atoms with Crippen molar-refractivity contribution in [1.29, 1.82) is 0 Å². The number of amides is 2. The predicted molar refractivity (Wildman–Crippen MR) is 193 cm³/mol. The van der Waals surface area contributed by atoms with Crippen LogP contribution < -0.4 is 26.0 Å². The molecule has 2 fully saturated rings. The van der Waals surface area contributed by atoms with Crippen LogP contribution in [-0.4, -0.2) is 71.0 Å². The van der Waals surface area contributed by atoms with Gasteiger partial charge in [-0.2, -0.15) is 28.1 Å². The zero-order valence-corrected chi connectivity index (χ0v) is 30.5. The van der Waals surface area contributed by atoms with E-state index in [9.17, 15) is 32.3 Å². The minimum Gasteiger partial charge on any atom is -0.467 e. The second-order valence-electron chi connectivity index (χ2n) is 13.5. The van der Waals surface area contributed by atoms with E-state index >= 15 is 0 Å². The van der Waals surface area contributed by atoms with Crippen molar-refractivity contribution in [3.8, 4) is 6.01 Å². The van der Waals surface area contributed by atoms with Crippen LogP contribution in [-0.2, 0) is 24.7 Å². The second kappa shape index (κ2) is 18.4. The summed E-state index contributed by atoms with van der Waals surface area (Å²) >= 11 is 6.03. The van der Waals surface area contributed by atoms with Gasteiger partial charge in [-0.05, 0) is 73.6 Å². The van der Waals surface area contributed by atoms with Crippen LogP contribution in [0.4, 0.5) is 30.8 Å². The molecule has 0 radical (unpaired) electrons. The van der Waals surface area contributed by atoms with Gasteiger partial charge < -0.3 is 30.7 Å². The average molecular weight is 774 g/mol. The van der Waals surface area contributed by atoms with Crippen molar-refractivity contribution < 1.29 is 41.8 Å². The van der Waals surface area contributed by atoms with Crippen LogP contribution in [0.25, 0.3) is 0 Å². The minimum atomic E-state index is -4.63. The van der Waals surface area contributed by atoms with E-state index in [1.807, 2.05) is 12.1 Å². The minimum absolute atomic E-state index is 0.0163. The molecule has 2 amide bonds. The van der Waals surface area contributed by atoms with E-state index in [1.165, 1.54) is 44.2 Å². The van der Waals surface area contributed by atoms with Crippen LogP contribution in [0.2, 0.25) is 5.02 Å². The molecule has 290 valence electrons. The van der Waals surface area contributed by atoms with Crippen LogP contribution in [0.5, 0.6) is 6.01 Å². The van der Waals surface area contributed by atoms with Crippen molar-refractivity contribution in [3.05, 3.63) is 64.7 Å². The highest BCUT2D eigenvalue weighted by molar-refractivity contribution is 6.36. The molecule has 2 aromatic carbocycles. The first kappa shape index (κ1) is 40.2. The Morgan fingerprint density at radius 1 is 0.926 bits per heavy atom. The average Bonchev–Trinajstić information content (AvgIpc) is 3.97. The lowest BCUT2D eigenvalue weighted by atomic mass is 9.94. The summed E-state index contributed by atoms with van der Waals surface area (Å²) in [5.74, 6) is -2.27. The number of ketones is 1. The van der Waals surface area contributed by atoms with Gasteiger partial charge in [0.05, 0.1) is 12.6 Å². The standard InChI is InChI=1S/C37H43ClF3N7O6/c1-53-32(52)28(18-21-42-31(51)29(49)17-8-23-6-4-2-3-5-7-23)44-30(50)24-9-15-27(16-10-24)43-33-45-34(47-35(46-33)54-22-37(39,40)41)48-36(19-20-36)25-11-13-26(38)14-12-25/h9-16,23,28H,2-8,17-22H2,1H3,(H,42,51)(H,44,50)(H2,43,45,46,47,48)/t28-/m0/s1. The number of benzene rings is 2. The first-order valence-corrected chi connectivity index (χ1v) is 18.3. The second-order valence-corrected chi connectivity index (χ2v) is 13.9. The third kappa shape index (κ3) is 12.0. The Kier molecular flexibility index (Phi) is 13.7. The molecule has 4 N–H and O–H groups in total. The number of methoxy groups -OCH3 is 1. The molecule has 0 unspecified atom stereocenters. The molecule has 1 heterocycles. The highest BCUT2D eigenvalue weighted by atomic mass is 35.5. The van der Waals surface area contributed by atoms with Crippen molar-refractivity contribution in [2.45, 2.75) is 88.4 Å². The summed E-state index contributed by atoms with van der Waals surface area (Å²) in [4.78, 5) is 62.8. The topological polar surface area (TPSA) is 174 Å². The summed E-state index contributed by atoms with van der Waals surface area (Å²) in [5.41, 5.74) is 0.898. The zero-order chi connectivity index (χ0) is 38.7. The van der Waals surface area contributed by atoms with Crippen LogP contribution in [0.1, 0.15) is 86.6 Å². The van der Waals surface area contributed by atoms with Crippen molar-refractivity contribution in [1.82, 2.24) is 25.6 Å². The Morgan fingerprint density at radius 2 is 1.59 bits per heavy atom. The Balaban J connectivity index is 1.18. The molecular formula is C37H43ClF3N7O6. The summed E-state index contributed by atoms with van der Waals surface area (Å²) in [5, 5.41) is 11.8. The number of alkyl halides is 3. The Morgan fingerprint density at radius 3 is 2.22 bits per heavy atom. The summed E-state index contributed by atoms with van der Waals surface area (Å²) in [7, 11) is 1.17. The van der Waals surface area contributed by atoms with Gasteiger partial charge in [0.15, 0.2) is 6.61 Å². The van der Waals surface area contributed by atoms with Crippen LogP contribution in [0, 0.1) is 5.92 Å². The molecule has 54 heavy (non-hydrogen) atoms. The van der Waals surface area contributed by atoms with E-state index < -0.39 is 53.9 Å². The van der Waals surface area contributed by atoms with Gasteiger partial charge in [0.25, 0.3) is 11.8 Å². The van der Waals surface area contributed by atoms with Crippen molar-refractivity contribution in [2.24, 2.45) is 5.92 Å². The lowest BCUT2D eigenvalue weighted by molar-refractivity contribution is -0.154. The molecular weight excluding hydrogens is 731 g/mol. The fourth-order valence-electron chi connectivity index (χ4n) is 6.27. The SMILES string of the molecule is COC(=O)[C@H](CCNC(=O)C(=O)CCC1CCCCCC1)NC(=O)c1ccc(Nc2nc(NC3(c4ccc(Cl)cc4)CC3)nc(OCC(F)(F)F)n2)cc1. The molecule has 1 aromatic heterocycles. The number of anilines is 3. The van der Waals surface area contributed by atoms with Crippen molar-refractivity contribution in [2.75, 3.05) is 30.9 Å². The van der Waals surface area contributed by atoms with Gasteiger partial charge in [0.2, 0.25) is 17.7 Å². The lowest BCUT2D eigenvalue weighted by Crippen LogP contribution is -2.44. The Hall–Kier alpha value is -4.99. The maximum Gasteiger partial charge on any atom is 0.422 e. The fourth-order valence-corrected chi connectivity index (χ4v) is 6.40. The first-order chi connectivity index (χ1) is 25.8. The fraction of sp³-hybridized carbons (Fsp3) is 0.486. The van der Waals surface area contributed by atoms with Gasteiger partial charge in [0, 0.05) is 29.2 Å². The summed E-state index contributed by atoms with van der Waals surface area (Å²) in [6.07, 6.45) is 4.49. The molecule has 1 atom stereocenters. The van der Waals surface area contributed by atoms with E-state index in [1.54, 1.807) is 12.1 Å². The van der Waals surface area contributed by atoms with Gasteiger partial charge >= 0.3 is 18.2 Å². The van der Waals surface area contributed by atoms with Crippen LogP contribution >= 0.6 is 11.6 Å². The normalized spacial score (nSPS) is 15.9. The molecule has 2 aliphatic rings. The number of carbonyl (C=O) groups excluding carboxylic acids is 4. The van der Waals surface area contributed by atoms with Crippen molar-refractivity contribution in [3.63, 3.8) is 0 Å². The Labute approximate surface area is 315 Å². The van der Waals surface area contributed by atoms with E-state index in [4.69, 9.17) is 21.1 Å². The predicted octanol–water partition coefficient (Wildman–Crippen LogP) is 6.41. The molecule has 17 heteroatoms. The van der Waals surface area contributed by atoms with Gasteiger partial charge in [-0.1, -0.05) is 62.3 Å². The zero-order valence-electron chi connectivity index (χ0n) is 29.8. The van der Waals surface area contributed by atoms with E-state index in [2.05, 4.69) is 36.2 Å². The number of nitrogens with one attached hydrogen (secondary N) is 4. The lowest BCUT2D eigenvalue weighted by Gasteiger charge is -2.19. The third-order valence-electron chi connectivity index (χ3n) is 9.40. The molecule has 0 saturated heterocycles. The number of Topliss-reactive ketones (excluding diaryl/α,β-unsaturated/α-hetero) is 1. The highest BCUT2D eigenvalue weighted by Gasteiger charge is 2.45. The molecule has 0 aliphatic heterocycles. The molecule has 2 saturated carbocycles. The first-order valence-electron chi connectivity index (χ1n) is 17.9. The number of aromatic nitrogens is 3. The smallest absolute Gasteiger partial charge is 0.422 e. The van der Waals surface area contributed by atoms with Gasteiger partial charge in [-0.15, -0.1) is 0 Å². The number of rotatable bonds is 17. The van der Waals surface area contributed by atoms with Crippen LogP contribution in [0.3, 0.4) is 0 Å². The number of hydrogen-bond donors (Lipinski definition) is 4. The third-order valence-corrected chi connectivity index (χ3v) is 9.65. The summed E-state index contributed by atoms with van der Waals surface area (Å²) in [6, 6.07) is 11.4. The quantitative estimate of drug-likeness (QED) is 0.0679. The number of nitrogens with zero attached hydrogens (tertiary/aromatic N) is 3. The number of hydrogen-bond acceptors (Lipinski definition) is 11. The highest BCUT2D eigenvalue weighted by Crippen LogP contribution is 2.48. The monoisotopic (exact) mass is 773 g/mol. The molecule has 5 rings (SSSR count). The number of carbonyl (C=O) groups is 4. The largest absolute Gasteiger partial charge is 0.467 e. The molecule has 0 bridgehead atoms. The summed E-state index contributed by atoms with van der Waals surface area (Å²) < 4.78 is 48.5.